The summed E-state index contributed by atoms with van der Waals surface area (Å²) in [7, 11) is 0. The van der Waals surface area contributed by atoms with Crippen LogP contribution in [0.5, 0.6) is 11.5 Å². The van der Waals surface area contributed by atoms with E-state index in [-0.39, 0.29) is 11.3 Å². The third kappa shape index (κ3) is 4.86. The van der Waals surface area contributed by atoms with Crippen LogP contribution in [0.25, 0.3) is 0 Å². The Hall–Kier alpha value is -1.75. The van der Waals surface area contributed by atoms with Crippen LogP contribution in [0.4, 0.5) is 0 Å². The monoisotopic (exact) mass is 320 g/mol. The number of carbonyl (C=O) groups excluding carboxylic acids is 1. The summed E-state index contributed by atoms with van der Waals surface area (Å²) >= 11 is 0. The van der Waals surface area contributed by atoms with Gasteiger partial charge in [0.15, 0.2) is 11.5 Å². The first-order valence-electron chi connectivity index (χ1n) is 8.46. The van der Waals surface area contributed by atoms with Crippen molar-refractivity contribution >= 4 is 5.91 Å². The largest absolute Gasteiger partial charge is 0.490 e. The first kappa shape index (κ1) is 17.6. The number of nitrogens with one attached hydrogen (secondary N) is 2. The number of rotatable bonds is 7. The molecule has 0 aromatic heterocycles. The molecule has 1 heterocycles. The molecule has 0 saturated carbocycles. The average Bonchev–Trinajstić information content (AvgIpc) is 2.55. The zero-order valence-electron chi connectivity index (χ0n) is 14.4. The van der Waals surface area contributed by atoms with Crippen molar-refractivity contribution in [2.45, 2.75) is 33.6 Å². The van der Waals surface area contributed by atoms with Crippen molar-refractivity contribution in [1.82, 2.24) is 10.6 Å². The van der Waals surface area contributed by atoms with Gasteiger partial charge in [0.05, 0.1) is 13.2 Å². The highest BCUT2D eigenvalue weighted by Gasteiger charge is 2.27. The van der Waals surface area contributed by atoms with E-state index in [1.807, 2.05) is 13.8 Å². The highest BCUT2D eigenvalue weighted by atomic mass is 16.5. The SMILES string of the molecule is CCOc1ccc(C(=O)NCC2(C)CCNCC2)cc1OCC. The van der Waals surface area contributed by atoms with E-state index in [1.54, 1.807) is 18.2 Å². The maximum Gasteiger partial charge on any atom is 0.251 e. The highest BCUT2D eigenvalue weighted by Crippen LogP contribution is 2.29. The third-order valence-corrected chi connectivity index (χ3v) is 4.29. The zero-order chi connectivity index (χ0) is 16.7. The minimum absolute atomic E-state index is 0.0613. The molecule has 0 spiro atoms. The van der Waals surface area contributed by atoms with Gasteiger partial charge < -0.3 is 20.1 Å². The van der Waals surface area contributed by atoms with Gasteiger partial charge in [0.25, 0.3) is 5.91 Å². The summed E-state index contributed by atoms with van der Waals surface area (Å²) in [5, 5.41) is 6.42. The quantitative estimate of drug-likeness (QED) is 0.811. The van der Waals surface area contributed by atoms with Gasteiger partial charge in [-0.05, 0) is 63.4 Å². The number of ether oxygens (including phenoxy) is 2. The van der Waals surface area contributed by atoms with Crippen LogP contribution >= 0.6 is 0 Å². The fourth-order valence-corrected chi connectivity index (χ4v) is 2.80. The molecule has 128 valence electrons. The van der Waals surface area contributed by atoms with Crippen molar-refractivity contribution in [2.24, 2.45) is 5.41 Å². The Morgan fingerprint density at radius 2 is 1.83 bits per heavy atom. The Balaban J connectivity index is 2.02. The lowest BCUT2D eigenvalue weighted by Crippen LogP contribution is -2.42. The molecule has 1 saturated heterocycles. The molecule has 1 aliphatic rings. The van der Waals surface area contributed by atoms with E-state index in [0.29, 0.717) is 36.8 Å². The predicted octanol–water partition coefficient (Wildman–Crippen LogP) is 2.60. The van der Waals surface area contributed by atoms with Crippen molar-refractivity contribution < 1.29 is 14.3 Å². The molecule has 1 amide bonds. The lowest BCUT2D eigenvalue weighted by Gasteiger charge is -2.34. The first-order chi connectivity index (χ1) is 11.1. The standard InChI is InChI=1S/C18H28N2O3/c1-4-22-15-7-6-14(12-16(15)23-5-2)17(21)20-13-18(3)8-10-19-11-9-18/h6-7,12,19H,4-5,8-11,13H2,1-3H3,(H,20,21). The molecule has 2 N–H and O–H groups in total. The van der Waals surface area contributed by atoms with E-state index >= 15 is 0 Å². The zero-order valence-corrected chi connectivity index (χ0v) is 14.4. The van der Waals surface area contributed by atoms with Gasteiger partial charge in [-0.25, -0.2) is 0 Å². The van der Waals surface area contributed by atoms with Gasteiger partial charge >= 0.3 is 0 Å². The Morgan fingerprint density at radius 1 is 1.17 bits per heavy atom. The molecule has 5 nitrogen and oxygen atoms in total. The van der Waals surface area contributed by atoms with Crippen LogP contribution < -0.4 is 20.1 Å². The minimum Gasteiger partial charge on any atom is -0.490 e. The van der Waals surface area contributed by atoms with Gasteiger partial charge in [-0.2, -0.15) is 0 Å². The predicted molar refractivity (Wildman–Crippen MR) is 91.3 cm³/mol. The Labute approximate surface area is 138 Å². The summed E-state index contributed by atoms with van der Waals surface area (Å²) in [5.74, 6) is 1.24. The lowest BCUT2D eigenvalue weighted by atomic mass is 9.81. The summed E-state index contributed by atoms with van der Waals surface area (Å²) in [5.41, 5.74) is 0.781. The van der Waals surface area contributed by atoms with Crippen molar-refractivity contribution in [3.8, 4) is 11.5 Å². The molecule has 0 unspecified atom stereocenters. The molecule has 1 aromatic carbocycles. The second kappa shape index (κ2) is 8.20. The number of amides is 1. The van der Waals surface area contributed by atoms with Gasteiger partial charge in [0.1, 0.15) is 0 Å². The lowest BCUT2D eigenvalue weighted by molar-refractivity contribution is 0.0921. The smallest absolute Gasteiger partial charge is 0.251 e. The molecule has 5 heteroatoms. The fraction of sp³-hybridized carbons (Fsp3) is 0.611. The van der Waals surface area contributed by atoms with Gasteiger partial charge in [-0.1, -0.05) is 6.92 Å². The van der Waals surface area contributed by atoms with Gasteiger partial charge in [0, 0.05) is 12.1 Å². The molecular formula is C18H28N2O3. The number of hydrogen-bond acceptors (Lipinski definition) is 4. The van der Waals surface area contributed by atoms with Crippen LogP contribution in [-0.2, 0) is 0 Å². The molecule has 2 rings (SSSR count). The molecule has 0 aliphatic carbocycles. The van der Waals surface area contributed by atoms with Crippen LogP contribution in [0.1, 0.15) is 44.0 Å². The molecule has 0 radical (unpaired) electrons. The fourth-order valence-electron chi connectivity index (χ4n) is 2.80. The normalized spacial score (nSPS) is 16.7. The summed E-state index contributed by atoms with van der Waals surface area (Å²) in [6.45, 7) is 9.92. The second-order valence-electron chi connectivity index (χ2n) is 6.27. The van der Waals surface area contributed by atoms with Gasteiger partial charge in [-0.3, -0.25) is 4.79 Å². The number of hydrogen-bond donors (Lipinski definition) is 2. The van der Waals surface area contributed by atoms with E-state index < -0.39 is 0 Å². The highest BCUT2D eigenvalue weighted by molar-refractivity contribution is 5.94. The molecule has 0 atom stereocenters. The second-order valence-corrected chi connectivity index (χ2v) is 6.27. The number of piperidine rings is 1. The topological polar surface area (TPSA) is 59.6 Å². The summed E-state index contributed by atoms with van der Waals surface area (Å²) in [6, 6.07) is 5.35. The van der Waals surface area contributed by atoms with E-state index in [9.17, 15) is 4.79 Å². The van der Waals surface area contributed by atoms with Gasteiger partial charge in [-0.15, -0.1) is 0 Å². The Bertz CT molecular complexity index is 525. The van der Waals surface area contributed by atoms with Crippen LogP contribution in [0.2, 0.25) is 0 Å². The Kier molecular flexibility index (Phi) is 6.28. The van der Waals surface area contributed by atoms with Crippen molar-refractivity contribution in [3.63, 3.8) is 0 Å². The van der Waals surface area contributed by atoms with Gasteiger partial charge in [0.2, 0.25) is 0 Å². The summed E-state index contributed by atoms with van der Waals surface area (Å²) in [4.78, 5) is 12.4. The summed E-state index contributed by atoms with van der Waals surface area (Å²) < 4.78 is 11.1. The number of benzene rings is 1. The van der Waals surface area contributed by atoms with Crippen molar-refractivity contribution in [1.29, 1.82) is 0 Å². The van der Waals surface area contributed by atoms with E-state index in [4.69, 9.17) is 9.47 Å². The van der Waals surface area contributed by atoms with E-state index in [2.05, 4.69) is 17.6 Å². The van der Waals surface area contributed by atoms with Crippen LogP contribution in [0.15, 0.2) is 18.2 Å². The molecule has 23 heavy (non-hydrogen) atoms. The average molecular weight is 320 g/mol. The minimum atomic E-state index is -0.0613. The number of carbonyl (C=O) groups is 1. The molecule has 1 aliphatic heterocycles. The molecule has 1 fully saturated rings. The third-order valence-electron chi connectivity index (χ3n) is 4.29. The molecular weight excluding hydrogens is 292 g/mol. The molecule has 1 aromatic rings. The van der Waals surface area contributed by atoms with Crippen LogP contribution in [-0.4, -0.2) is 38.8 Å². The van der Waals surface area contributed by atoms with Crippen molar-refractivity contribution in [3.05, 3.63) is 23.8 Å². The summed E-state index contributed by atoms with van der Waals surface area (Å²) in [6.07, 6.45) is 2.17. The first-order valence-corrected chi connectivity index (χ1v) is 8.46. The van der Waals surface area contributed by atoms with E-state index in [1.165, 1.54) is 0 Å². The van der Waals surface area contributed by atoms with E-state index in [0.717, 1.165) is 25.9 Å². The van der Waals surface area contributed by atoms with Crippen molar-refractivity contribution in [2.75, 3.05) is 32.8 Å². The maximum absolute atomic E-state index is 12.4. The van der Waals surface area contributed by atoms with Crippen LogP contribution in [0, 0.1) is 5.41 Å². The Morgan fingerprint density at radius 3 is 2.48 bits per heavy atom. The maximum atomic E-state index is 12.4. The van der Waals surface area contributed by atoms with Crippen LogP contribution in [0.3, 0.4) is 0 Å². The molecule has 0 bridgehead atoms.